The summed E-state index contributed by atoms with van der Waals surface area (Å²) in [5.41, 5.74) is -0.505. The number of hydrogen-bond donors (Lipinski definition) is 3. The number of hydrogen-bond acceptors (Lipinski definition) is 3. The summed E-state index contributed by atoms with van der Waals surface area (Å²) in [6, 6.07) is -0.153. The van der Waals surface area contributed by atoms with Crippen LogP contribution in [0.4, 0.5) is 4.79 Å². The lowest BCUT2D eigenvalue weighted by Crippen LogP contribution is -2.54. The molecule has 2 amide bonds. The fraction of sp³-hybridized carbons (Fsp3) is 0.615. The van der Waals surface area contributed by atoms with Gasteiger partial charge in [0.05, 0.1) is 11.7 Å². The second-order valence-electron chi connectivity index (χ2n) is 5.24. The molecule has 0 saturated heterocycles. The zero-order chi connectivity index (χ0) is 14.8. The van der Waals surface area contributed by atoms with Crippen LogP contribution >= 0.6 is 0 Å². The molecule has 7 heteroatoms. The van der Waals surface area contributed by atoms with Gasteiger partial charge in [-0.1, -0.05) is 6.92 Å². The van der Waals surface area contributed by atoms with Crippen LogP contribution < -0.4 is 5.32 Å². The molecule has 1 aliphatic carbocycles. The van der Waals surface area contributed by atoms with Gasteiger partial charge in [-0.05, 0) is 25.7 Å². The lowest BCUT2D eigenvalue weighted by atomic mass is 9.76. The van der Waals surface area contributed by atoms with Crippen LogP contribution in [0.25, 0.3) is 0 Å². The van der Waals surface area contributed by atoms with Crippen molar-refractivity contribution in [1.29, 1.82) is 0 Å². The van der Waals surface area contributed by atoms with Crippen molar-refractivity contribution in [2.45, 2.75) is 38.1 Å². The monoisotopic (exact) mass is 280 g/mol. The number of aromatic amines is 1. The zero-order valence-corrected chi connectivity index (χ0v) is 11.8. The maximum absolute atomic E-state index is 12.1. The molecule has 0 atom stereocenters. The van der Waals surface area contributed by atoms with Gasteiger partial charge in [-0.2, -0.15) is 0 Å². The van der Waals surface area contributed by atoms with E-state index in [1.165, 1.54) is 6.20 Å². The number of nitrogens with one attached hydrogen (secondary N) is 2. The Morgan fingerprint density at radius 2 is 2.25 bits per heavy atom. The van der Waals surface area contributed by atoms with Gasteiger partial charge in [0.2, 0.25) is 0 Å². The number of nitrogens with zero attached hydrogens (tertiary/aromatic N) is 2. The number of carbonyl (C=O) groups is 2. The number of aromatic nitrogens is 2. The number of aromatic carboxylic acids is 1. The number of rotatable bonds is 5. The molecule has 0 radical (unpaired) electrons. The van der Waals surface area contributed by atoms with Crippen LogP contribution in [0.2, 0.25) is 0 Å². The average Bonchev–Trinajstić information content (AvgIpc) is 2.83. The van der Waals surface area contributed by atoms with Crippen LogP contribution in [0.1, 0.15) is 48.9 Å². The maximum Gasteiger partial charge on any atom is 0.353 e. The van der Waals surface area contributed by atoms with E-state index in [1.54, 1.807) is 11.9 Å². The Morgan fingerprint density at radius 1 is 1.55 bits per heavy atom. The van der Waals surface area contributed by atoms with E-state index in [4.69, 9.17) is 5.11 Å². The third-order valence-electron chi connectivity index (χ3n) is 3.72. The predicted molar refractivity (Wildman–Crippen MR) is 72.5 cm³/mol. The van der Waals surface area contributed by atoms with Gasteiger partial charge in [0, 0.05) is 13.6 Å². The number of carbonyl (C=O) groups excluding carboxylic acids is 1. The molecule has 0 aromatic carbocycles. The fourth-order valence-corrected chi connectivity index (χ4v) is 2.36. The fourth-order valence-electron chi connectivity index (χ4n) is 2.36. The molecule has 1 aromatic rings. The molecule has 2 rings (SSSR count). The van der Waals surface area contributed by atoms with E-state index in [9.17, 15) is 9.59 Å². The minimum Gasteiger partial charge on any atom is -0.477 e. The first-order valence-corrected chi connectivity index (χ1v) is 6.80. The number of imidazole rings is 1. The van der Waals surface area contributed by atoms with Crippen LogP contribution in [0.15, 0.2) is 6.20 Å². The summed E-state index contributed by atoms with van der Waals surface area (Å²) in [6.45, 7) is 2.69. The summed E-state index contributed by atoms with van der Waals surface area (Å²) in [7, 11) is 1.75. The van der Waals surface area contributed by atoms with Crippen molar-refractivity contribution >= 4 is 12.0 Å². The smallest absolute Gasteiger partial charge is 0.353 e. The third kappa shape index (κ3) is 2.61. The quantitative estimate of drug-likeness (QED) is 0.762. The molecule has 1 saturated carbocycles. The van der Waals surface area contributed by atoms with Gasteiger partial charge < -0.3 is 20.3 Å². The molecule has 20 heavy (non-hydrogen) atoms. The second kappa shape index (κ2) is 5.52. The standard InChI is InChI=1S/C13H20N4O3/c1-3-7-17(2)12(20)16-13(5-4-6-13)11-14-8-9(15-11)10(18)19/h8H,3-7H2,1-2H3,(H,14,15)(H,16,20)(H,18,19). The Kier molecular flexibility index (Phi) is 3.96. The number of amides is 2. The lowest BCUT2D eigenvalue weighted by Gasteiger charge is -2.41. The Morgan fingerprint density at radius 3 is 2.70 bits per heavy atom. The Bertz CT molecular complexity index is 507. The Balaban J connectivity index is 2.12. The first-order chi connectivity index (χ1) is 9.48. The zero-order valence-electron chi connectivity index (χ0n) is 11.8. The van der Waals surface area contributed by atoms with Crippen molar-refractivity contribution in [3.63, 3.8) is 0 Å². The van der Waals surface area contributed by atoms with E-state index in [2.05, 4.69) is 15.3 Å². The van der Waals surface area contributed by atoms with Gasteiger partial charge in [-0.15, -0.1) is 0 Å². The highest BCUT2D eigenvalue weighted by Gasteiger charge is 2.43. The number of urea groups is 1. The molecule has 0 aliphatic heterocycles. The van der Waals surface area contributed by atoms with Crippen molar-refractivity contribution in [3.05, 3.63) is 17.7 Å². The minimum atomic E-state index is -1.05. The molecule has 1 fully saturated rings. The molecule has 0 bridgehead atoms. The van der Waals surface area contributed by atoms with Crippen LogP contribution in [0.5, 0.6) is 0 Å². The van der Waals surface area contributed by atoms with Crippen LogP contribution in [0.3, 0.4) is 0 Å². The van der Waals surface area contributed by atoms with Crippen LogP contribution in [-0.4, -0.2) is 45.6 Å². The van der Waals surface area contributed by atoms with E-state index >= 15 is 0 Å². The van der Waals surface area contributed by atoms with Gasteiger partial charge in [0.15, 0.2) is 0 Å². The van der Waals surface area contributed by atoms with Crippen molar-refractivity contribution in [2.75, 3.05) is 13.6 Å². The second-order valence-corrected chi connectivity index (χ2v) is 5.24. The summed E-state index contributed by atoms with van der Waals surface area (Å²) in [4.78, 5) is 31.5. The van der Waals surface area contributed by atoms with Gasteiger partial charge >= 0.3 is 12.0 Å². The summed E-state index contributed by atoms with van der Waals surface area (Å²) in [5.74, 6) is -0.521. The molecule has 110 valence electrons. The SMILES string of the molecule is CCCN(C)C(=O)NC1(c2ncc(C(=O)O)[nH]2)CCC1. The maximum atomic E-state index is 12.1. The minimum absolute atomic E-state index is 0.0439. The van der Waals surface area contributed by atoms with Gasteiger partial charge in [0.25, 0.3) is 0 Å². The van der Waals surface area contributed by atoms with E-state index in [-0.39, 0.29) is 11.7 Å². The van der Waals surface area contributed by atoms with E-state index < -0.39 is 11.5 Å². The molecule has 0 unspecified atom stereocenters. The van der Waals surface area contributed by atoms with E-state index in [0.29, 0.717) is 12.4 Å². The number of carboxylic acid groups (broad SMARTS) is 1. The first-order valence-electron chi connectivity index (χ1n) is 6.80. The highest BCUT2D eigenvalue weighted by Crippen LogP contribution is 2.39. The van der Waals surface area contributed by atoms with Gasteiger partial charge in [-0.3, -0.25) is 0 Å². The van der Waals surface area contributed by atoms with Gasteiger partial charge in [-0.25, -0.2) is 14.6 Å². The lowest BCUT2D eigenvalue weighted by molar-refractivity contribution is 0.0690. The Hall–Kier alpha value is -2.05. The largest absolute Gasteiger partial charge is 0.477 e. The van der Waals surface area contributed by atoms with Gasteiger partial charge in [0.1, 0.15) is 11.5 Å². The van der Waals surface area contributed by atoms with Crippen molar-refractivity contribution in [1.82, 2.24) is 20.2 Å². The molecule has 7 nitrogen and oxygen atoms in total. The van der Waals surface area contributed by atoms with Crippen molar-refractivity contribution in [3.8, 4) is 0 Å². The normalized spacial score (nSPS) is 16.3. The summed E-state index contributed by atoms with van der Waals surface area (Å²) in [5, 5.41) is 11.9. The number of carboxylic acids is 1. The molecule has 0 spiro atoms. The topological polar surface area (TPSA) is 98.3 Å². The molecular formula is C13H20N4O3. The third-order valence-corrected chi connectivity index (χ3v) is 3.72. The van der Waals surface area contributed by atoms with E-state index in [0.717, 1.165) is 25.7 Å². The van der Waals surface area contributed by atoms with Crippen molar-refractivity contribution < 1.29 is 14.7 Å². The molecule has 1 heterocycles. The predicted octanol–water partition coefficient (Wildman–Crippen LogP) is 1.54. The number of H-pyrrole nitrogens is 1. The molecule has 3 N–H and O–H groups in total. The molecular weight excluding hydrogens is 260 g/mol. The molecule has 1 aliphatic rings. The Labute approximate surface area is 117 Å². The average molecular weight is 280 g/mol. The highest BCUT2D eigenvalue weighted by atomic mass is 16.4. The van der Waals surface area contributed by atoms with Crippen LogP contribution in [-0.2, 0) is 5.54 Å². The first kappa shape index (κ1) is 14.4. The summed E-state index contributed by atoms with van der Waals surface area (Å²) in [6.07, 6.45) is 4.71. The van der Waals surface area contributed by atoms with E-state index in [1.807, 2.05) is 6.92 Å². The molecule has 1 aromatic heterocycles. The van der Waals surface area contributed by atoms with Crippen molar-refractivity contribution in [2.24, 2.45) is 0 Å². The summed E-state index contributed by atoms with van der Waals surface area (Å²) >= 11 is 0. The van der Waals surface area contributed by atoms with Crippen LogP contribution in [0, 0.1) is 0 Å². The summed E-state index contributed by atoms with van der Waals surface area (Å²) < 4.78 is 0. The highest BCUT2D eigenvalue weighted by molar-refractivity contribution is 5.85.